The van der Waals surface area contributed by atoms with E-state index in [2.05, 4.69) is 15.1 Å². The predicted molar refractivity (Wildman–Crippen MR) is 93.4 cm³/mol. The molecule has 0 N–H and O–H groups in total. The molecule has 4 rings (SSSR count). The third-order valence-corrected chi connectivity index (χ3v) is 5.21. The lowest BCUT2D eigenvalue weighted by atomic mass is 10.1. The number of thiazole rings is 1. The zero-order chi connectivity index (χ0) is 17.6. The van der Waals surface area contributed by atoms with Gasteiger partial charge in [0.25, 0.3) is 0 Å². The van der Waals surface area contributed by atoms with E-state index in [4.69, 9.17) is 4.42 Å². The van der Waals surface area contributed by atoms with E-state index >= 15 is 0 Å². The predicted octanol–water partition coefficient (Wildman–Crippen LogP) is 2.55. The normalized spacial score (nSPS) is 14.8. The molecule has 0 radical (unpaired) electrons. The topological polar surface area (TPSA) is 77.0 Å². The Kier molecular flexibility index (Phi) is 3.91. The van der Waals surface area contributed by atoms with Crippen LogP contribution >= 0.6 is 11.3 Å². The van der Waals surface area contributed by atoms with Crippen molar-refractivity contribution in [3.05, 3.63) is 40.6 Å². The van der Waals surface area contributed by atoms with Crippen molar-refractivity contribution in [2.75, 3.05) is 13.1 Å². The van der Waals surface area contributed by atoms with Gasteiger partial charge in [0.05, 0.1) is 18.2 Å². The number of furan rings is 1. The molecule has 0 saturated carbocycles. The molecule has 3 aromatic heterocycles. The molecule has 1 saturated heterocycles. The fourth-order valence-corrected chi connectivity index (χ4v) is 3.79. The lowest BCUT2D eigenvalue weighted by Crippen LogP contribution is -2.51. The van der Waals surface area contributed by atoms with E-state index in [0.717, 1.165) is 33.9 Å². The van der Waals surface area contributed by atoms with Crippen LogP contribution in [0.4, 0.5) is 0 Å². The summed E-state index contributed by atoms with van der Waals surface area (Å²) in [5.74, 6) is 3.37. The molecule has 25 heavy (non-hydrogen) atoms. The van der Waals surface area contributed by atoms with Gasteiger partial charge in [0.1, 0.15) is 17.4 Å². The molecule has 3 aromatic rings. The van der Waals surface area contributed by atoms with Crippen molar-refractivity contribution in [1.82, 2.24) is 24.6 Å². The Labute approximate surface area is 149 Å². The minimum Gasteiger partial charge on any atom is -0.459 e. The summed E-state index contributed by atoms with van der Waals surface area (Å²) >= 11 is 1.50. The number of hydrogen-bond donors (Lipinski definition) is 0. The van der Waals surface area contributed by atoms with Gasteiger partial charge in [-0.3, -0.25) is 4.79 Å². The Morgan fingerprint density at radius 3 is 2.72 bits per heavy atom. The molecule has 1 amide bonds. The molecule has 8 heteroatoms. The number of nitrogens with zero attached hydrogens (tertiary/aromatic N) is 5. The summed E-state index contributed by atoms with van der Waals surface area (Å²) in [6, 6.07) is 4.04. The molecule has 0 unspecified atom stereocenters. The molecule has 0 bridgehead atoms. The zero-order valence-corrected chi connectivity index (χ0v) is 15.2. The smallest absolute Gasteiger partial charge is 0.228 e. The van der Waals surface area contributed by atoms with Crippen molar-refractivity contribution in [3.8, 4) is 10.8 Å². The SMILES string of the molecule is Cc1nc(C)n(C2CN(C(=O)Cc3csc(-c4ccc(C)o4)n3)C2)n1. The van der Waals surface area contributed by atoms with Gasteiger partial charge >= 0.3 is 0 Å². The van der Waals surface area contributed by atoms with Crippen LogP contribution in [0.25, 0.3) is 10.8 Å². The van der Waals surface area contributed by atoms with Gasteiger partial charge in [-0.05, 0) is 32.9 Å². The monoisotopic (exact) mass is 357 g/mol. The minimum atomic E-state index is 0.0956. The molecule has 0 aliphatic carbocycles. The number of amides is 1. The molecule has 0 atom stereocenters. The van der Waals surface area contributed by atoms with E-state index in [-0.39, 0.29) is 11.9 Å². The largest absolute Gasteiger partial charge is 0.459 e. The van der Waals surface area contributed by atoms with Gasteiger partial charge in [-0.25, -0.2) is 14.6 Å². The highest BCUT2D eigenvalue weighted by Crippen LogP contribution is 2.27. The number of hydrogen-bond acceptors (Lipinski definition) is 6. The molecular formula is C17H19N5O2S. The molecule has 1 aliphatic rings. The third-order valence-electron chi connectivity index (χ3n) is 4.30. The second-order valence-corrected chi connectivity index (χ2v) is 7.19. The van der Waals surface area contributed by atoms with E-state index in [1.165, 1.54) is 11.3 Å². The summed E-state index contributed by atoms with van der Waals surface area (Å²) < 4.78 is 7.50. The Morgan fingerprint density at radius 1 is 1.28 bits per heavy atom. The van der Waals surface area contributed by atoms with Crippen molar-refractivity contribution in [2.45, 2.75) is 33.2 Å². The maximum atomic E-state index is 12.4. The van der Waals surface area contributed by atoms with Gasteiger partial charge in [-0.1, -0.05) is 0 Å². The molecule has 0 aromatic carbocycles. The van der Waals surface area contributed by atoms with Crippen LogP contribution in [0, 0.1) is 20.8 Å². The summed E-state index contributed by atoms with van der Waals surface area (Å²) in [4.78, 5) is 23.1. The average molecular weight is 357 g/mol. The van der Waals surface area contributed by atoms with Crippen LogP contribution in [0.3, 0.4) is 0 Å². The van der Waals surface area contributed by atoms with Gasteiger partial charge < -0.3 is 9.32 Å². The van der Waals surface area contributed by atoms with Gasteiger partial charge in [-0.2, -0.15) is 5.10 Å². The van der Waals surface area contributed by atoms with Crippen molar-refractivity contribution in [2.24, 2.45) is 0 Å². The van der Waals surface area contributed by atoms with Crippen molar-refractivity contribution in [3.63, 3.8) is 0 Å². The first-order valence-electron chi connectivity index (χ1n) is 8.18. The van der Waals surface area contributed by atoms with Gasteiger partial charge in [-0.15, -0.1) is 11.3 Å². The van der Waals surface area contributed by atoms with Crippen LogP contribution in [-0.2, 0) is 11.2 Å². The fourth-order valence-electron chi connectivity index (χ4n) is 3.01. The summed E-state index contributed by atoms with van der Waals surface area (Å²) in [6.07, 6.45) is 0.318. The molecule has 7 nitrogen and oxygen atoms in total. The second-order valence-electron chi connectivity index (χ2n) is 6.33. The number of aromatic nitrogens is 4. The lowest BCUT2D eigenvalue weighted by Gasteiger charge is -2.39. The Morgan fingerprint density at radius 2 is 2.08 bits per heavy atom. The first-order valence-corrected chi connectivity index (χ1v) is 9.06. The zero-order valence-electron chi connectivity index (χ0n) is 14.4. The molecule has 0 spiro atoms. The van der Waals surface area contributed by atoms with E-state index in [0.29, 0.717) is 19.5 Å². The van der Waals surface area contributed by atoms with E-state index in [1.54, 1.807) is 0 Å². The molecule has 4 heterocycles. The van der Waals surface area contributed by atoms with E-state index in [9.17, 15) is 4.79 Å². The van der Waals surface area contributed by atoms with Crippen LogP contribution in [0.15, 0.2) is 21.9 Å². The quantitative estimate of drug-likeness (QED) is 0.717. The Bertz CT molecular complexity index is 919. The second kappa shape index (κ2) is 6.11. The number of aryl methyl sites for hydroxylation is 3. The summed E-state index contributed by atoms with van der Waals surface area (Å²) in [5.41, 5.74) is 0.787. The summed E-state index contributed by atoms with van der Waals surface area (Å²) in [7, 11) is 0. The van der Waals surface area contributed by atoms with Gasteiger partial charge in [0.15, 0.2) is 10.8 Å². The van der Waals surface area contributed by atoms with Crippen molar-refractivity contribution < 1.29 is 9.21 Å². The van der Waals surface area contributed by atoms with E-state index in [1.807, 2.05) is 47.9 Å². The number of carbonyl (C=O) groups excluding carboxylic acids is 1. The van der Waals surface area contributed by atoms with Crippen LogP contribution in [0.5, 0.6) is 0 Å². The van der Waals surface area contributed by atoms with Crippen LogP contribution in [0.1, 0.15) is 29.1 Å². The first kappa shape index (κ1) is 16.0. The standard InChI is InChI=1S/C17H19N5O2S/c1-10-4-5-15(24-10)17-19-13(9-25-17)6-16(23)21-7-14(8-21)22-12(3)18-11(2)20-22/h4-5,9,14H,6-8H2,1-3H3. The summed E-state index contributed by atoms with van der Waals surface area (Å²) in [6.45, 7) is 7.08. The fraction of sp³-hybridized carbons (Fsp3) is 0.412. The highest BCUT2D eigenvalue weighted by molar-refractivity contribution is 7.13. The number of carbonyl (C=O) groups is 1. The first-order chi connectivity index (χ1) is 12.0. The minimum absolute atomic E-state index is 0.0956. The lowest BCUT2D eigenvalue weighted by molar-refractivity contribution is -0.136. The van der Waals surface area contributed by atoms with Gasteiger partial charge in [0, 0.05) is 18.5 Å². The number of rotatable bonds is 4. The summed E-state index contributed by atoms with van der Waals surface area (Å²) in [5, 5.41) is 7.13. The van der Waals surface area contributed by atoms with Crippen molar-refractivity contribution >= 4 is 17.2 Å². The third kappa shape index (κ3) is 3.09. The highest BCUT2D eigenvalue weighted by atomic mass is 32.1. The van der Waals surface area contributed by atoms with Crippen LogP contribution < -0.4 is 0 Å². The molecule has 130 valence electrons. The highest BCUT2D eigenvalue weighted by Gasteiger charge is 2.33. The average Bonchev–Trinajstić information content (AvgIpc) is 3.19. The molecular weight excluding hydrogens is 338 g/mol. The Balaban J connectivity index is 1.36. The molecule has 1 fully saturated rings. The maximum Gasteiger partial charge on any atom is 0.228 e. The maximum absolute atomic E-state index is 12.4. The van der Waals surface area contributed by atoms with Crippen molar-refractivity contribution in [1.29, 1.82) is 0 Å². The van der Waals surface area contributed by atoms with Gasteiger partial charge in [0.2, 0.25) is 5.91 Å². The van der Waals surface area contributed by atoms with E-state index < -0.39 is 0 Å². The van der Waals surface area contributed by atoms with Crippen LogP contribution in [-0.4, -0.2) is 43.6 Å². The Hall–Kier alpha value is -2.48. The van der Waals surface area contributed by atoms with Crippen LogP contribution in [0.2, 0.25) is 0 Å². The molecule has 1 aliphatic heterocycles. The number of likely N-dealkylation sites (tertiary alicyclic amines) is 1.